The number of benzene rings is 1. The Hall–Kier alpha value is -2.88. The Morgan fingerprint density at radius 2 is 1.92 bits per heavy atom. The molecule has 2 aromatic heterocycles. The smallest absolute Gasteiger partial charge is 0.253 e. The first kappa shape index (κ1) is 14.5. The van der Waals surface area contributed by atoms with Crippen LogP contribution in [0.15, 0.2) is 54.7 Å². The number of amides is 1. The number of fused-ring (bicyclic) bond motifs is 1. The summed E-state index contributed by atoms with van der Waals surface area (Å²) in [6, 6.07) is 16.8. The SMILES string of the molecule is O=C1NCCc2[nH]c(-c3ccnc(C4CC4c4ccccc4)c3)cc21. The molecule has 124 valence electrons. The summed E-state index contributed by atoms with van der Waals surface area (Å²) in [7, 11) is 0. The zero-order chi connectivity index (χ0) is 16.8. The maximum atomic E-state index is 12.0. The molecule has 4 nitrogen and oxygen atoms in total. The molecule has 2 N–H and O–H groups in total. The van der Waals surface area contributed by atoms with Crippen molar-refractivity contribution in [2.75, 3.05) is 6.54 Å². The van der Waals surface area contributed by atoms with E-state index >= 15 is 0 Å². The van der Waals surface area contributed by atoms with Gasteiger partial charge in [0.05, 0.1) is 5.56 Å². The molecule has 1 aromatic carbocycles. The lowest BCUT2D eigenvalue weighted by molar-refractivity contribution is 0.0946. The van der Waals surface area contributed by atoms with E-state index in [4.69, 9.17) is 0 Å². The molecule has 1 fully saturated rings. The third-order valence-electron chi connectivity index (χ3n) is 5.29. The third-order valence-corrected chi connectivity index (χ3v) is 5.29. The van der Waals surface area contributed by atoms with Gasteiger partial charge >= 0.3 is 0 Å². The number of aromatic nitrogens is 2. The topological polar surface area (TPSA) is 57.8 Å². The zero-order valence-electron chi connectivity index (χ0n) is 13.8. The molecule has 2 unspecified atom stereocenters. The fourth-order valence-electron chi connectivity index (χ4n) is 3.86. The molecule has 1 aliphatic heterocycles. The van der Waals surface area contributed by atoms with Crippen molar-refractivity contribution in [1.29, 1.82) is 0 Å². The molecule has 5 rings (SSSR count). The van der Waals surface area contributed by atoms with Gasteiger partial charge in [-0.25, -0.2) is 0 Å². The quantitative estimate of drug-likeness (QED) is 0.771. The first-order chi connectivity index (χ1) is 12.3. The van der Waals surface area contributed by atoms with Gasteiger partial charge in [-0.15, -0.1) is 0 Å². The molecule has 0 bridgehead atoms. The Balaban J connectivity index is 1.44. The maximum absolute atomic E-state index is 12.0. The number of aromatic amines is 1. The fourth-order valence-corrected chi connectivity index (χ4v) is 3.86. The number of H-pyrrole nitrogens is 1. The summed E-state index contributed by atoms with van der Waals surface area (Å²) in [5.74, 6) is 1.09. The van der Waals surface area contributed by atoms with Gasteiger partial charge in [-0.1, -0.05) is 30.3 Å². The second kappa shape index (κ2) is 5.59. The summed E-state index contributed by atoms with van der Waals surface area (Å²) in [6.45, 7) is 0.703. The Morgan fingerprint density at radius 3 is 2.76 bits per heavy atom. The average Bonchev–Trinajstić information content (AvgIpc) is 3.34. The third kappa shape index (κ3) is 2.54. The number of hydrogen-bond acceptors (Lipinski definition) is 2. The fraction of sp³-hybridized carbons (Fsp3) is 0.238. The van der Waals surface area contributed by atoms with Crippen LogP contribution in [0.25, 0.3) is 11.3 Å². The Kier molecular flexibility index (Phi) is 3.23. The van der Waals surface area contributed by atoms with Crippen molar-refractivity contribution in [1.82, 2.24) is 15.3 Å². The number of hydrogen-bond donors (Lipinski definition) is 2. The minimum atomic E-state index is 0.0179. The van der Waals surface area contributed by atoms with Crippen LogP contribution in [0.5, 0.6) is 0 Å². The van der Waals surface area contributed by atoms with Crippen LogP contribution >= 0.6 is 0 Å². The highest BCUT2D eigenvalue weighted by Crippen LogP contribution is 2.54. The lowest BCUT2D eigenvalue weighted by Crippen LogP contribution is -2.31. The van der Waals surface area contributed by atoms with Crippen molar-refractivity contribution in [2.24, 2.45) is 0 Å². The summed E-state index contributed by atoms with van der Waals surface area (Å²) in [5, 5.41) is 2.90. The molecule has 1 saturated carbocycles. The van der Waals surface area contributed by atoms with Gasteiger partial charge in [0.25, 0.3) is 5.91 Å². The normalized spacial score (nSPS) is 21.5. The highest BCUT2D eigenvalue weighted by Gasteiger charge is 2.40. The van der Waals surface area contributed by atoms with Gasteiger partial charge in [-0.3, -0.25) is 9.78 Å². The molecule has 1 aliphatic carbocycles. The van der Waals surface area contributed by atoms with Crippen LogP contribution in [-0.2, 0) is 6.42 Å². The van der Waals surface area contributed by atoms with Gasteiger partial charge in [-0.2, -0.15) is 0 Å². The van der Waals surface area contributed by atoms with Gasteiger partial charge in [0.2, 0.25) is 0 Å². The average molecular weight is 329 g/mol. The molecule has 2 aliphatic rings. The van der Waals surface area contributed by atoms with Gasteiger partial charge < -0.3 is 10.3 Å². The number of carbonyl (C=O) groups excluding carboxylic acids is 1. The minimum Gasteiger partial charge on any atom is -0.358 e. The van der Waals surface area contributed by atoms with Crippen molar-refractivity contribution in [3.8, 4) is 11.3 Å². The number of rotatable bonds is 3. The van der Waals surface area contributed by atoms with Crippen molar-refractivity contribution in [3.05, 3.63) is 77.2 Å². The Labute approximate surface area is 146 Å². The van der Waals surface area contributed by atoms with E-state index in [-0.39, 0.29) is 5.91 Å². The molecule has 0 radical (unpaired) electrons. The summed E-state index contributed by atoms with van der Waals surface area (Å²) in [5.41, 5.74) is 6.45. The van der Waals surface area contributed by atoms with Gasteiger partial charge in [0.1, 0.15) is 0 Å². The number of carbonyl (C=O) groups is 1. The molecule has 3 aromatic rings. The highest BCUT2D eigenvalue weighted by molar-refractivity contribution is 5.97. The molecular formula is C21H19N3O. The number of nitrogens with zero attached hydrogens (tertiary/aromatic N) is 1. The van der Waals surface area contributed by atoms with Gasteiger partial charge in [0, 0.05) is 47.7 Å². The first-order valence-electron chi connectivity index (χ1n) is 8.81. The van der Waals surface area contributed by atoms with Crippen molar-refractivity contribution < 1.29 is 4.79 Å². The predicted octanol–water partition coefficient (Wildman–Crippen LogP) is 3.63. The summed E-state index contributed by atoms with van der Waals surface area (Å²) >= 11 is 0. The van der Waals surface area contributed by atoms with Crippen LogP contribution < -0.4 is 5.32 Å². The van der Waals surface area contributed by atoms with E-state index in [1.807, 2.05) is 18.3 Å². The molecule has 25 heavy (non-hydrogen) atoms. The van der Waals surface area contributed by atoms with Crippen LogP contribution in [0.4, 0.5) is 0 Å². The van der Waals surface area contributed by atoms with Crippen LogP contribution in [0, 0.1) is 0 Å². The summed E-state index contributed by atoms with van der Waals surface area (Å²) in [6.07, 6.45) is 3.90. The summed E-state index contributed by atoms with van der Waals surface area (Å²) in [4.78, 5) is 20.0. The second-order valence-electron chi connectivity index (χ2n) is 6.91. The van der Waals surface area contributed by atoms with Crippen molar-refractivity contribution >= 4 is 5.91 Å². The summed E-state index contributed by atoms with van der Waals surface area (Å²) < 4.78 is 0. The largest absolute Gasteiger partial charge is 0.358 e. The molecule has 4 heteroatoms. The molecule has 2 atom stereocenters. The molecular weight excluding hydrogens is 310 g/mol. The standard InChI is InChI=1S/C21H19N3O/c25-21-17-12-19(24-18(17)7-9-23-21)14-6-8-22-20(10-14)16-11-15(16)13-4-2-1-3-5-13/h1-6,8,10,12,15-16,24H,7,9,11H2,(H,23,25). The number of pyridine rings is 1. The van der Waals surface area contributed by atoms with E-state index in [2.05, 4.69) is 51.7 Å². The van der Waals surface area contributed by atoms with E-state index in [1.165, 1.54) is 5.56 Å². The van der Waals surface area contributed by atoms with E-state index in [9.17, 15) is 4.79 Å². The monoisotopic (exact) mass is 329 g/mol. The zero-order valence-corrected chi connectivity index (χ0v) is 13.8. The Morgan fingerprint density at radius 1 is 1.04 bits per heavy atom. The van der Waals surface area contributed by atoms with E-state index in [0.717, 1.165) is 41.1 Å². The highest BCUT2D eigenvalue weighted by atomic mass is 16.1. The lowest BCUT2D eigenvalue weighted by Gasteiger charge is -2.10. The molecule has 0 spiro atoms. The van der Waals surface area contributed by atoms with Crippen LogP contribution in [0.2, 0.25) is 0 Å². The van der Waals surface area contributed by atoms with E-state index < -0.39 is 0 Å². The molecule has 0 saturated heterocycles. The maximum Gasteiger partial charge on any atom is 0.253 e. The van der Waals surface area contributed by atoms with Crippen LogP contribution in [0.3, 0.4) is 0 Å². The van der Waals surface area contributed by atoms with Crippen molar-refractivity contribution in [2.45, 2.75) is 24.7 Å². The van der Waals surface area contributed by atoms with Crippen molar-refractivity contribution in [3.63, 3.8) is 0 Å². The van der Waals surface area contributed by atoms with Gasteiger partial charge in [0.15, 0.2) is 0 Å². The minimum absolute atomic E-state index is 0.0179. The number of nitrogens with one attached hydrogen (secondary N) is 2. The lowest BCUT2D eigenvalue weighted by atomic mass is 10.1. The van der Waals surface area contributed by atoms with Crippen LogP contribution in [0.1, 0.15) is 45.6 Å². The van der Waals surface area contributed by atoms with Gasteiger partial charge in [-0.05, 0) is 36.1 Å². The molecule has 1 amide bonds. The first-order valence-corrected chi connectivity index (χ1v) is 8.81. The predicted molar refractivity (Wildman–Crippen MR) is 96.6 cm³/mol. The Bertz CT molecular complexity index is 945. The van der Waals surface area contributed by atoms with Crippen LogP contribution in [-0.4, -0.2) is 22.4 Å². The van der Waals surface area contributed by atoms with E-state index in [0.29, 0.717) is 18.4 Å². The van der Waals surface area contributed by atoms with E-state index in [1.54, 1.807) is 0 Å². The molecule has 3 heterocycles. The second-order valence-corrected chi connectivity index (χ2v) is 6.91.